The highest BCUT2D eigenvalue weighted by atomic mass is 35.5. The van der Waals surface area contributed by atoms with Crippen molar-refractivity contribution < 1.29 is 9.59 Å². The Labute approximate surface area is 182 Å². The lowest BCUT2D eigenvalue weighted by Gasteiger charge is -2.19. The van der Waals surface area contributed by atoms with Gasteiger partial charge >= 0.3 is 0 Å². The van der Waals surface area contributed by atoms with Crippen LogP contribution in [0.2, 0.25) is 5.02 Å². The van der Waals surface area contributed by atoms with Gasteiger partial charge in [0, 0.05) is 10.8 Å². The van der Waals surface area contributed by atoms with Crippen molar-refractivity contribution in [2.45, 2.75) is 35.8 Å². The number of hydrogen-bond acceptors (Lipinski definition) is 5. The van der Waals surface area contributed by atoms with E-state index in [0.29, 0.717) is 5.69 Å². The molecule has 148 valence electrons. The standard InChI is InChI=1S/C22H19ClN2O2S2/c23-14-7-5-13(6-8-14)12-28-22-24-18-10-9-15(11-19(18)29-22)25-20(26)16-3-1-2-4-17(16)21(25)27/h5-11,16-17H,1-4,12H2/t16-,17-/m0/s1. The molecule has 0 radical (unpaired) electrons. The molecule has 1 aliphatic carbocycles. The van der Waals surface area contributed by atoms with Gasteiger partial charge in [-0.1, -0.05) is 48.3 Å². The number of halogens is 1. The van der Waals surface area contributed by atoms with Crippen LogP contribution in [0.5, 0.6) is 0 Å². The van der Waals surface area contributed by atoms with Crippen LogP contribution < -0.4 is 4.90 Å². The third-order valence-corrected chi connectivity index (χ3v) is 8.21. The topological polar surface area (TPSA) is 50.3 Å². The van der Waals surface area contributed by atoms with E-state index >= 15 is 0 Å². The Morgan fingerprint density at radius 1 is 1.03 bits per heavy atom. The van der Waals surface area contributed by atoms with Crippen molar-refractivity contribution in [3.8, 4) is 0 Å². The minimum atomic E-state index is -0.126. The highest BCUT2D eigenvalue weighted by Gasteiger charge is 2.48. The molecule has 2 heterocycles. The number of amides is 2. The first-order chi connectivity index (χ1) is 14.1. The Balaban J connectivity index is 1.37. The SMILES string of the molecule is O=C1[C@H]2CCCC[C@@H]2C(=O)N1c1ccc2nc(SCc3ccc(Cl)cc3)sc2c1. The molecular formula is C22H19ClN2O2S2. The number of rotatable bonds is 4. The van der Waals surface area contributed by atoms with Crippen LogP contribution in [-0.2, 0) is 15.3 Å². The quantitative estimate of drug-likeness (QED) is 0.371. The maximum atomic E-state index is 12.9. The molecule has 0 unspecified atom stereocenters. The Kier molecular flexibility index (Phi) is 5.10. The number of carbonyl (C=O) groups excluding carboxylic acids is 2. The van der Waals surface area contributed by atoms with E-state index in [1.54, 1.807) is 23.1 Å². The van der Waals surface area contributed by atoms with Crippen LogP contribution in [0.4, 0.5) is 5.69 Å². The van der Waals surface area contributed by atoms with E-state index in [0.717, 1.165) is 51.0 Å². The summed E-state index contributed by atoms with van der Waals surface area (Å²) in [5.74, 6) is 0.510. The molecule has 0 bridgehead atoms. The van der Waals surface area contributed by atoms with E-state index in [1.807, 2.05) is 42.5 Å². The van der Waals surface area contributed by atoms with Crippen molar-refractivity contribution in [3.05, 3.63) is 53.1 Å². The third-order valence-electron chi connectivity index (χ3n) is 5.73. The molecular weight excluding hydrogens is 424 g/mol. The van der Waals surface area contributed by atoms with Crippen molar-refractivity contribution in [1.82, 2.24) is 4.98 Å². The number of imide groups is 1. The molecule has 4 nitrogen and oxygen atoms in total. The fourth-order valence-electron chi connectivity index (χ4n) is 4.24. The summed E-state index contributed by atoms with van der Waals surface area (Å²) in [6, 6.07) is 13.5. The van der Waals surface area contributed by atoms with Crippen LogP contribution in [0.1, 0.15) is 31.2 Å². The predicted octanol–water partition coefficient (Wildman–Crippen LogP) is 5.92. The zero-order chi connectivity index (χ0) is 20.0. The molecule has 0 spiro atoms. The highest BCUT2D eigenvalue weighted by molar-refractivity contribution is 8.00. The lowest BCUT2D eigenvalue weighted by atomic mass is 9.81. The van der Waals surface area contributed by atoms with E-state index in [-0.39, 0.29) is 23.7 Å². The van der Waals surface area contributed by atoms with Crippen LogP contribution in [0.25, 0.3) is 10.2 Å². The minimum absolute atomic E-state index is 0.0269. The van der Waals surface area contributed by atoms with Crippen molar-refractivity contribution in [3.63, 3.8) is 0 Å². The second kappa shape index (κ2) is 7.74. The molecule has 1 aliphatic heterocycles. The fraction of sp³-hybridized carbons (Fsp3) is 0.318. The first kappa shape index (κ1) is 19.1. The first-order valence-electron chi connectivity index (χ1n) is 9.76. The molecule has 2 amide bonds. The van der Waals surface area contributed by atoms with Gasteiger partial charge in [0.15, 0.2) is 4.34 Å². The number of benzene rings is 2. The Morgan fingerprint density at radius 2 is 1.72 bits per heavy atom. The fourth-order valence-corrected chi connectivity index (χ4v) is 6.42. The van der Waals surface area contributed by atoms with Gasteiger partial charge in [-0.25, -0.2) is 4.98 Å². The van der Waals surface area contributed by atoms with E-state index in [1.165, 1.54) is 10.5 Å². The largest absolute Gasteiger partial charge is 0.274 e. The number of anilines is 1. The average Bonchev–Trinajstić information content (AvgIpc) is 3.26. The van der Waals surface area contributed by atoms with E-state index < -0.39 is 0 Å². The maximum absolute atomic E-state index is 12.9. The lowest BCUT2D eigenvalue weighted by molar-refractivity contribution is -0.122. The van der Waals surface area contributed by atoms with Gasteiger partial charge in [-0.3, -0.25) is 14.5 Å². The van der Waals surface area contributed by atoms with Gasteiger partial charge in [-0.2, -0.15) is 0 Å². The molecule has 7 heteroatoms. The number of nitrogens with zero attached hydrogens (tertiary/aromatic N) is 2. The molecule has 3 aromatic rings. The summed E-state index contributed by atoms with van der Waals surface area (Å²) in [6.07, 6.45) is 3.74. The number of carbonyl (C=O) groups is 2. The first-order valence-corrected chi connectivity index (χ1v) is 11.9. The van der Waals surface area contributed by atoms with Crippen LogP contribution in [-0.4, -0.2) is 16.8 Å². The van der Waals surface area contributed by atoms with Gasteiger partial charge in [0.2, 0.25) is 11.8 Å². The molecule has 1 saturated heterocycles. The smallest absolute Gasteiger partial charge is 0.237 e. The van der Waals surface area contributed by atoms with Gasteiger partial charge in [0.1, 0.15) is 0 Å². The summed E-state index contributed by atoms with van der Waals surface area (Å²) in [4.78, 5) is 31.8. The van der Waals surface area contributed by atoms with Crippen LogP contribution in [0.15, 0.2) is 46.8 Å². The second-order valence-electron chi connectivity index (χ2n) is 7.56. The van der Waals surface area contributed by atoms with Gasteiger partial charge in [-0.05, 0) is 48.7 Å². The summed E-state index contributed by atoms with van der Waals surface area (Å²) in [5, 5.41) is 0.733. The normalized spacial score (nSPS) is 21.8. The van der Waals surface area contributed by atoms with Crippen molar-refractivity contribution in [2.75, 3.05) is 4.90 Å². The van der Waals surface area contributed by atoms with Gasteiger partial charge in [0.05, 0.1) is 27.7 Å². The van der Waals surface area contributed by atoms with Gasteiger partial charge in [0.25, 0.3) is 0 Å². The number of aromatic nitrogens is 1. The van der Waals surface area contributed by atoms with Crippen LogP contribution >= 0.6 is 34.7 Å². The third kappa shape index (κ3) is 3.58. The second-order valence-corrected chi connectivity index (χ2v) is 10.2. The minimum Gasteiger partial charge on any atom is -0.274 e. The zero-order valence-electron chi connectivity index (χ0n) is 15.6. The van der Waals surface area contributed by atoms with Gasteiger partial charge in [-0.15, -0.1) is 11.3 Å². The number of thiazole rings is 1. The highest BCUT2D eigenvalue weighted by Crippen LogP contribution is 2.41. The number of thioether (sulfide) groups is 1. The summed E-state index contributed by atoms with van der Waals surface area (Å²) < 4.78 is 1.97. The van der Waals surface area contributed by atoms with Crippen molar-refractivity contribution in [2.24, 2.45) is 11.8 Å². The molecule has 2 aromatic carbocycles. The molecule has 2 atom stereocenters. The van der Waals surface area contributed by atoms with E-state index in [9.17, 15) is 9.59 Å². The Hall–Kier alpha value is -1.89. The van der Waals surface area contributed by atoms with Crippen LogP contribution in [0.3, 0.4) is 0 Å². The molecule has 2 fully saturated rings. The lowest BCUT2D eigenvalue weighted by Crippen LogP contribution is -2.30. The monoisotopic (exact) mass is 442 g/mol. The summed E-state index contributed by atoms with van der Waals surface area (Å²) in [7, 11) is 0. The average molecular weight is 443 g/mol. The Bertz CT molecular complexity index is 1070. The molecule has 1 aromatic heterocycles. The van der Waals surface area contributed by atoms with E-state index in [4.69, 9.17) is 16.6 Å². The summed E-state index contributed by atoms with van der Waals surface area (Å²) >= 11 is 9.22. The maximum Gasteiger partial charge on any atom is 0.237 e. The summed E-state index contributed by atoms with van der Waals surface area (Å²) in [6.45, 7) is 0. The Morgan fingerprint density at radius 3 is 2.41 bits per heavy atom. The predicted molar refractivity (Wildman–Crippen MR) is 119 cm³/mol. The molecule has 0 N–H and O–H groups in total. The van der Waals surface area contributed by atoms with Crippen molar-refractivity contribution in [1.29, 1.82) is 0 Å². The van der Waals surface area contributed by atoms with E-state index in [2.05, 4.69) is 0 Å². The van der Waals surface area contributed by atoms with Gasteiger partial charge < -0.3 is 0 Å². The molecule has 1 saturated carbocycles. The van der Waals surface area contributed by atoms with Crippen LogP contribution in [0, 0.1) is 11.8 Å². The molecule has 2 aliphatic rings. The van der Waals surface area contributed by atoms with Crippen molar-refractivity contribution >= 4 is 62.4 Å². The number of fused-ring (bicyclic) bond motifs is 2. The number of hydrogen-bond donors (Lipinski definition) is 0. The molecule has 5 rings (SSSR count). The zero-order valence-corrected chi connectivity index (χ0v) is 18.0. The molecule has 29 heavy (non-hydrogen) atoms. The summed E-state index contributed by atoms with van der Waals surface area (Å²) in [5.41, 5.74) is 2.77.